The third kappa shape index (κ3) is 6.63. The summed E-state index contributed by atoms with van der Waals surface area (Å²) >= 11 is 0. The van der Waals surface area contributed by atoms with E-state index in [9.17, 15) is 14.7 Å². The van der Waals surface area contributed by atoms with E-state index in [0.717, 1.165) is 6.29 Å². The second-order valence-corrected chi connectivity index (χ2v) is 4.95. The van der Waals surface area contributed by atoms with Gasteiger partial charge in [-0.05, 0) is 25.3 Å². The second-order valence-electron chi connectivity index (χ2n) is 4.95. The lowest BCUT2D eigenvalue weighted by Crippen LogP contribution is -2.31. The minimum absolute atomic E-state index is 0.159. The standard InChI is InChI=1S/C15H22O5/c1-11(9-16)6-7-13(18)8-14-4-3-5-15(20-14)10-19-12(2)17/h3-4,6,9,13-15,18H,5,7-8,10H2,1-2H3/b11-6+/t13-,14-,15-/m0/s1. The maximum Gasteiger partial charge on any atom is 0.302 e. The first-order chi connectivity index (χ1) is 9.51. The van der Waals surface area contributed by atoms with Crippen molar-refractivity contribution < 1.29 is 24.2 Å². The van der Waals surface area contributed by atoms with Crippen molar-refractivity contribution in [1.82, 2.24) is 0 Å². The number of ether oxygens (including phenoxy) is 2. The monoisotopic (exact) mass is 282 g/mol. The Morgan fingerprint density at radius 2 is 2.30 bits per heavy atom. The van der Waals surface area contributed by atoms with Crippen LogP contribution in [0.4, 0.5) is 0 Å². The van der Waals surface area contributed by atoms with Crippen LogP contribution in [0.2, 0.25) is 0 Å². The van der Waals surface area contributed by atoms with Crippen LogP contribution in [0.25, 0.3) is 0 Å². The molecule has 0 spiro atoms. The minimum Gasteiger partial charge on any atom is -0.463 e. The maximum absolute atomic E-state index is 10.8. The van der Waals surface area contributed by atoms with Gasteiger partial charge in [0.1, 0.15) is 12.9 Å². The molecule has 0 saturated heterocycles. The van der Waals surface area contributed by atoms with Gasteiger partial charge in [-0.3, -0.25) is 9.59 Å². The van der Waals surface area contributed by atoms with Gasteiger partial charge in [0.05, 0.1) is 18.3 Å². The number of aliphatic hydroxyl groups excluding tert-OH is 1. The summed E-state index contributed by atoms with van der Waals surface area (Å²) in [6, 6.07) is 0. The van der Waals surface area contributed by atoms with Gasteiger partial charge in [0.15, 0.2) is 0 Å². The van der Waals surface area contributed by atoms with Crippen LogP contribution >= 0.6 is 0 Å². The minimum atomic E-state index is -0.563. The summed E-state index contributed by atoms with van der Waals surface area (Å²) in [5, 5.41) is 9.89. The Morgan fingerprint density at radius 3 is 2.95 bits per heavy atom. The van der Waals surface area contributed by atoms with Crippen molar-refractivity contribution in [3.63, 3.8) is 0 Å². The van der Waals surface area contributed by atoms with Gasteiger partial charge in [-0.15, -0.1) is 0 Å². The van der Waals surface area contributed by atoms with E-state index >= 15 is 0 Å². The molecule has 20 heavy (non-hydrogen) atoms. The Labute approximate surface area is 119 Å². The van der Waals surface area contributed by atoms with Crippen molar-refractivity contribution in [3.05, 3.63) is 23.8 Å². The molecule has 5 heteroatoms. The third-order valence-electron chi connectivity index (χ3n) is 2.99. The molecule has 0 aromatic carbocycles. The van der Waals surface area contributed by atoms with Crippen LogP contribution in [0.3, 0.4) is 0 Å². The van der Waals surface area contributed by atoms with E-state index in [0.29, 0.717) is 24.8 Å². The lowest BCUT2D eigenvalue weighted by atomic mass is 10.0. The van der Waals surface area contributed by atoms with Crippen LogP contribution in [-0.4, -0.2) is 42.3 Å². The average Bonchev–Trinajstić information content (AvgIpc) is 2.43. The Bertz CT molecular complexity index is 386. The van der Waals surface area contributed by atoms with Crippen molar-refractivity contribution in [2.45, 2.75) is 51.4 Å². The summed E-state index contributed by atoms with van der Waals surface area (Å²) in [5.74, 6) is -0.325. The lowest BCUT2D eigenvalue weighted by Gasteiger charge is -2.26. The lowest BCUT2D eigenvalue weighted by molar-refractivity contribution is -0.147. The molecule has 0 amide bonds. The predicted octanol–water partition coefficient (Wildman–Crippen LogP) is 1.55. The number of allylic oxidation sites excluding steroid dienone is 1. The van der Waals surface area contributed by atoms with Gasteiger partial charge in [0.25, 0.3) is 0 Å². The molecule has 0 bridgehead atoms. The van der Waals surface area contributed by atoms with Crippen molar-refractivity contribution in [3.8, 4) is 0 Å². The fraction of sp³-hybridized carbons (Fsp3) is 0.600. The van der Waals surface area contributed by atoms with Gasteiger partial charge in [0.2, 0.25) is 0 Å². The molecule has 0 saturated carbocycles. The first kappa shape index (κ1) is 16.6. The smallest absolute Gasteiger partial charge is 0.302 e. The van der Waals surface area contributed by atoms with Crippen molar-refractivity contribution in [1.29, 1.82) is 0 Å². The molecule has 0 aromatic heterocycles. The molecule has 1 heterocycles. The highest BCUT2D eigenvalue weighted by molar-refractivity contribution is 5.71. The maximum atomic E-state index is 10.8. The number of aldehydes is 1. The van der Waals surface area contributed by atoms with Gasteiger partial charge in [-0.25, -0.2) is 0 Å². The van der Waals surface area contributed by atoms with E-state index in [1.54, 1.807) is 13.0 Å². The molecule has 5 nitrogen and oxygen atoms in total. The number of aliphatic hydroxyl groups is 1. The van der Waals surface area contributed by atoms with Crippen molar-refractivity contribution in [2.75, 3.05) is 6.61 Å². The van der Waals surface area contributed by atoms with E-state index in [4.69, 9.17) is 9.47 Å². The van der Waals surface area contributed by atoms with Crippen LogP contribution in [0.1, 0.15) is 33.1 Å². The topological polar surface area (TPSA) is 72.8 Å². The molecule has 0 unspecified atom stereocenters. The molecule has 0 aliphatic carbocycles. The zero-order valence-corrected chi connectivity index (χ0v) is 12.0. The van der Waals surface area contributed by atoms with Gasteiger partial charge < -0.3 is 14.6 Å². The van der Waals surface area contributed by atoms with Crippen LogP contribution in [0.15, 0.2) is 23.8 Å². The molecular weight excluding hydrogens is 260 g/mol. The number of rotatable bonds is 7. The molecule has 0 radical (unpaired) electrons. The van der Waals surface area contributed by atoms with E-state index in [1.807, 2.05) is 12.2 Å². The van der Waals surface area contributed by atoms with Crippen molar-refractivity contribution in [2.24, 2.45) is 0 Å². The van der Waals surface area contributed by atoms with Crippen LogP contribution in [-0.2, 0) is 19.1 Å². The van der Waals surface area contributed by atoms with Crippen molar-refractivity contribution >= 4 is 12.3 Å². The van der Waals surface area contributed by atoms with Crippen LogP contribution in [0, 0.1) is 0 Å². The third-order valence-corrected chi connectivity index (χ3v) is 2.99. The Balaban J connectivity index is 2.36. The summed E-state index contributed by atoms with van der Waals surface area (Å²) in [7, 11) is 0. The Kier molecular flexibility index (Phi) is 7.18. The Morgan fingerprint density at radius 1 is 1.55 bits per heavy atom. The van der Waals surface area contributed by atoms with Gasteiger partial charge in [-0.2, -0.15) is 0 Å². The van der Waals surface area contributed by atoms with Gasteiger partial charge >= 0.3 is 5.97 Å². The highest BCUT2D eigenvalue weighted by Crippen LogP contribution is 2.18. The second kappa shape index (κ2) is 8.66. The fourth-order valence-electron chi connectivity index (χ4n) is 1.92. The number of esters is 1. The normalized spacial score (nSPS) is 24.2. The molecular formula is C15H22O5. The quantitative estimate of drug-likeness (QED) is 0.332. The molecule has 1 rings (SSSR count). The molecule has 0 aromatic rings. The molecule has 1 aliphatic heterocycles. The van der Waals surface area contributed by atoms with Gasteiger partial charge in [-0.1, -0.05) is 18.2 Å². The van der Waals surface area contributed by atoms with Crippen LogP contribution in [0.5, 0.6) is 0 Å². The zero-order valence-electron chi connectivity index (χ0n) is 12.0. The number of carbonyl (C=O) groups is 2. The largest absolute Gasteiger partial charge is 0.463 e. The molecule has 0 fully saturated rings. The summed E-state index contributed by atoms with van der Waals surface area (Å²) in [4.78, 5) is 21.2. The molecule has 3 atom stereocenters. The average molecular weight is 282 g/mol. The van der Waals surface area contributed by atoms with E-state index in [-0.39, 0.29) is 24.8 Å². The summed E-state index contributed by atoms with van der Waals surface area (Å²) < 4.78 is 10.6. The molecule has 112 valence electrons. The molecule has 1 aliphatic rings. The zero-order chi connectivity index (χ0) is 15.0. The highest BCUT2D eigenvalue weighted by Gasteiger charge is 2.21. The van der Waals surface area contributed by atoms with E-state index < -0.39 is 6.10 Å². The highest BCUT2D eigenvalue weighted by atomic mass is 16.6. The first-order valence-corrected chi connectivity index (χ1v) is 6.76. The molecule has 1 N–H and O–H groups in total. The van der Waals surface area contributed by atoms with E-state index in [1.165, 1.54) is 6.92 Å². The fourth-order valence-corrected chi connectivity index (χ4v) is 1.92. The SMILES string of the molecule is CC(=O)OC[C@@H]1CC=C[C@@H](C[C@@H](O)C/C=C(\C)C=O)O1. The first-order valence-electron chi connectivity index (χ1n) is 6.76. The number of hydrogen-bond donors (Lipinski definition) is 1. The summed E-state index contributed by atoms with van der Waals surface area (Å²) in [6.07, 6.45) is 7.02. The predicted molar refractivity (Wildman–Crippen MR) is 74.1 cm³/mol. The van der Waals surface area contributed by atoms with E-state index in [2.05, 4.69) is 0 Å². The van der Waals surface area contributed by atoms with Gasteiger partial charge in [0, 0.05) is 13.3 Å². The Hall–Kier alpha value is -1.46. The summed E-state index contributed by atoms with van der Waals surface area (Å²) in [5.41, 5.74) is 0.608. The number of hydrogen-bond acceptors (Lipinski definition) is 5. The summed E-state index contributed by atoms with van der Waals surface area (Å²) in [6.45, 7) is 3.30. The number of carbonyl (C=O) groups excluding carboxylic acids is 2. The van der Waals surface area contributed by atoms with Crippen LogP contribution < -0.4 is 0 Å².